The SMILES string of the molecule is C=CCOc1c(Br)cc(CNCc2ccccn2)cc1OC.Cl.Cl. The molecule has 0 spiro atoms. The summed E-state index contributed by atoms with van der Waals surface area (Å²) in [5.74, 6) is 1.39. The molecule has 0 aliphatic heterocycles. The van der Waals surface area contributed by atoms with Gasteiger partial charge in [-0.25, -0.2) is 0 Å². The Kier molecular flexibility index (Phi) is 11.5. The molecular weight excluding hydrogens is 415 g/mol. The molecule has 0 saturated heterocycles. The Hall–Kier alpha value is -1.27. The van der Waals surface area contributed by atoms with Crippen molar-refractivity contribution in [1.29, 1.82) is 0 Å². The van der Waals surface area contributed by atoms with Gasteiger partial charge in [0.25, 0.3) is 0 Å². The molecule has 1 heterocycles. The Morgan fingerprint density at radius 1 is 1.25 bits per heavy atom. The molecule has 0 atom stereocenters. The molecule has 0 saturated carbocycles. The van der Waals surface area contributed by atoms with E-state index < -0.39 is 0 Å². The summed E-state index contributed by atoms with van der Waals surface area (Å²) in [5, 5.41) is 3.36. The predicted molar refractivity (Wildman–Crippen MR) is 106 cm³/mol. The van der Waals surface area contributed by atoms with Crippen molar-refractivity contribution in [2.45, 2.75) is 13.1 Å². The van der Waals surface area contributed by atoms with E-state index in [1.807, 2.05) is 30.3 Å². The van der Waals surface area contributed by atoms with Crippen LogP contribution in [0, 0.1) is 0 Å². The zero-order valence-corrected chi connectivity index (χ0v) is 16.5. The van der Waals surface area contributed by atoms with Gasteiger partial charge in [0.2, 0.25) is 0 Å². The lowest BCUT2D eigenvalue weighted by Crippen LogP contribution is -2.13. The second kappa shape index (κ2) is 12.1. The number of nitrogens with zero attached hydrogens (tertiary/aromatic N) is 1. The summed E-state index contributed by atoms with van der Waals surface area (Å²) in [6.45, 7) is 5.52. The highest BCUT2D eigenvalue weighted by Crippen LogP contribution is 2.36. The van der Waals surface area contributed by atoms with E-state index in [4.69, 9.17) is 9.47 Å². The van der Waals surface area contributed by atoms with Crippen LogP contribution < -0.4 is 14.8 Å². The van der Waals surface area contributed by atoms with Crippen LogP contribution in [0.25, 0.3) is 0 Å². The Bertz CT molecular complexity index is 627. The number of benzene rings is 1. The van der Waals surface area contributed by atoms with E-state index in [1.54, 1.807) is 19.4 Å². The Morgan fingerprint density at radius 3 is 2.67 bits per heavy atom. The van der Waals surface area contributed by atoms with Crippen molar-refractivity contribution in [2.75, 3.05) is 13.7 Å². The summed E-state index contributed by atoms with van der Waals surface area (Å²) in [6.07, 6.45) is 3.50. The van der Waals surface area contributed by atoms with Gasteiger partial charge in [-0.3, -0.25) is 4.98 Å². The van der Waals surface area contributed by atoms with E-state index in [1.165, 1.54) is 0 Å². The number of rotatable bonds is 8. The first kappa shape index (κ1) is 22.7. The Morgan fingerprint density at radius 2 is 2.04 bits per heavy atom. The van der Waals surface area contributed by atoms with Gasteiger partial charge < -0.3 is 14.8 Å². The van der Waals surface area contributed by atoms with Crippen molar-refractivity contribution in [1.82, 2.24) is 10.3 Å². The van der Waals surface area contributed by atoms with E-state index in [2.05, 4.69) is 32.8 Å². The smallest absolute Gasteiger partial charge is 0.175 e. The molecule has 0 amide bonds. The third kappa shape index (κ3) is 6.69. The van der Waals surface area contributed by atoms with Gasteiger partial charge in [0.1, 0.15) is 6.61 Å². The summed E-state index contributed by atoms with van der Waals surface area (Å²) in [7, 11) is 1.63. The van der Waals surface area contributed by atoms with Gasteiger partial charge in [-0.2, -0.15) is 0 Å². The van der Waals surface area contributed by atoms with Crippen molar-refractivity contribution >= 4 is 40.7 Å². The van der Waals surface area contributed by atoms with E-state index >= 15 is 0 Å². The molecule has 0 bridgehead atoms. The van der Waals surface area contributed by atoms with Crippen LogP contribution in [0.4, 0.5) is 0 Å². The molecule has 0 aliphatic rings. The molecule has 0 radical (unpaired) electrons. The Labute approximate surface area is 163 Å². The third-order valence-corrected chi connectivity index (χ3v) is 3.59. The van der Waals surface area contributed by atoms with E-state index in [9.17, 15) is 0 Å². The van der Waals surface area contributed by atoms with Gasteiger partial charge in [-0.15, -0.1) is 24.8 Å². The van der Waals surface area contributed by atoms with Gasteiger partial charge in [0, 0.05) is 19.3 Å². The average Bonchev–Trinajstić information content (AvgIpc) is 2.54. The standard InChI is InChI=1S/C17H19BrN2O2.2ClH/c1-3-8-22-17-15(18)9-13(10-16(17)21-2)11-19-12-14-6-4-5-7-20-14;;/h3-7,9-10,19H,1,8,11-12H2,2H3;2*1H. The van der Waals surface area contributed by atoms with Crippen molar-refractivity contribution < 1.29 is 9.47 Å². The minimum absolute atomic E-state index is 0. The number of nitrogens with one attached hydrogen (secondary N) is 1. The second-order valence-electron chi connectivity index (χ2n) is 4.63. The molecule has 1 N–H and O–H groups in total. The summed E-state index contributed by atoms with van der Waals surface area (Å²) < 4.78 is 11.9. The maximum atomic E-state index is 5.62. The monoisotopic (exact) mass is 434 g/mol. The first-order valence-electron chi connectivity index (χ1n) is 6.95. The lowest BCUT2D eigenvalue weighted by atomic mass is 10.2. The van der Waals surface area contributed by atoms with Crippen LogP contribution in [-0.4, -0.2) is 18.7 Å². The van der Waals surface area contributed by atoms with Crippen LogP contribution in [0.1, 0.15) is 11.3 Å². The third-order valence-electron chi connectivity index (χ3n) is 3.00. The fraction of sp³-hybridized carbons (Fsp3) is 0.235. The number of methoxy groups -OCH3 is 1. The minimum atomic E-state index is 0. The number of hydrogen-bond acceptors (Lipinski definition) is 4. The van der Waals surface area contributed by atoms with Crippen LogP contribution in [0.3, 0.4) is 0 Å². The molecule has 0 aliphatic carbocycles. The van der Waals surface area contributed by atoms with Crippen LogP contribution in [0.15, 0.2) is 53.7 Å². The van der Waals surface area contributed by atoms with E-state index in [-0.39, 0.29) is 24.8 Å². The number of pyridine rings is 1. The number of hydrogen-bond donors (Lipinski definition) is 1. The number of halogens is 3. The van der Waals surface area contributed by atoms with Gasteiger partial charge in [-0.05, 0) is 45.8 Å². The average molecular weight is 436 g/mol. The molecule has 2 aromatic rings. The first-order chi connectivity index (χ1) is 10.7. The summed E-state index contributed by atoms with van der Waals surface area (Å²) in [5.41, 5.74) is 2.12. The quantitative estimate of drug-likeness (QED) is 0.617. The van der Waals surface area contributed by atoms with Crippen molar-refractivity contribution in [3.05, 3.63) is 64.9 Å². The number of aromatic nitrogens is 1. The maximum Gasteiger partial charge on any atom is 0.175 e. The normalized spacial score (nSPS) is 9.42. The lowest BCUT2D eigenvalue weighted by molar-refractivity contribution is 0.324. The molecule has 1 aromatic carbocycles. The fourth-order valence-corrected chi connectivity index (χ4v) is 2.60. The molecule has 1 aromatic heterocycles. The van der Waals surface area contributed by atoms with Crippen molar-refractivity contribution in [2.24, 2.45) is 0 Å². The molecule has 7 heteroatoms. The number of ether oxygens (including phenoxy) is 2. The highest BCUT2D eigenvalue weighted by molar-refractivity contribution is 9.10. The Balaban J connectivity index is 0.00000264. The maximum absolute atomic E-state index is 5.62. The van der Waals surface area contributed by atoms with Gasteiger partial charge in [0.15, 0.2) is 11.5 Å². The fourth-order valence-electron chi connectivity index (χ4n) is 2.00. The zero-order valence-electron chi connectivity index (χ0n) is 13.3. The summed E-state index contributed by atoms with van der Waals surface area (Å²) >= 11 is 3.53. The van der Waals surface area contributed by atoms with E-state index in [0.29, 0.717) is 24.7 Å². The zero-order chi connectivity index (χ0) is 15.8. The minimum Gasteiger partial charge on any atom is -0.493 e. The molecule has 2 rings (SSSR count). The van der Waals surface area contributed by atoms with Gasteiger partial charge in [-0.1, -0.05) is 18.7 Å². The lowest BCUT2D eigenvalue weighted by Gasteiger charge is -2.14. The molecular formula is C17H21BrCl2N2O2. The first-order valence-corrected chi connectivity index (χ1v) is 7.74. The largest absolute Gasteiger partial charge is 0.493 e. The summed E-state index contributed by atoms with van der Waals surface area (Å²) in [4.78, 5) is 4.28. The molecule has 4 nitrogen and oxygen atoms in total. The van der Waals surface area contributed by atoms with Gasteiger partial charge >= 0.3 is 0 Å². The van der Waals surface area contributed by atoms with Crippen LogP contribution >= 0.6 is 40.7 Å². The highest BCUT2D eigenvalue weighted by Gasteiger charge is 2.11. The molecule has 24 heavy (non-hydrogen) atoms. The summed E-state index contributed by atoms with van der Waals surface area (Å²) in [6, 6.07) is 9.87. The molecule has 0 unspecified atom stereocenters. The second-order valence-corrected chi connectivity index (χ2v) is 5.49. The van der Waals surface area contributed by atoms with Crippen molar-refractivity contribution in [3.63, 3.8) is 0 Å². The van der Waals surface area contributed by atoms with Crippen LogP contribution in [-0.2, 0) is 13.1 Å². The van der Waals surface area contributed by atoms with Crippen molar-refractivity contribution in [3.8, 4) is 11.5 Å². The topological polar surface area (TPSA) is 43.4 Å². The van der Waals surface area contributed by atoms with Crippen LogP contribution in [0.5, 0.6) is 11.5 Å². The molecule has 0 fully saturated rings. The van der Waals surface area contributed by atoms with E-state index in [0.717, 1.165) is 22.3 Å². The van der Waals surface area contributed by atoms with Gasteiger partial charge in [0.05, 0.1) is 17.3 Å². The predicted octanol–water partition coefficient (Wildman–Crippen LogP) is 4.55. The van der Waals surface area contributed by atoms with Crippen LogP contribution in [0.2, 0.25) is 0 Å². The highest BCUT2D eigenvalue weighted by atomic mass is 79.9. The molecule has 132 valence electrons.